The Hall–Kier alpha value is -2.28. The lowest BCUT2D eigenvalue weighted by Crippen LogP contribution is -2.41. The van der Waals surface area contributed by atoms with Crippen molar-refractivity contribution < 1.29 is 4.79 Å². The maximum atomic E-state index is 12.6. The Kier molecular flexibility index (Phi) is 5.98. The molecule has 1 aliphatic rings. The minimum Gasteiger partial charge on any atom is -0.349 e. The van der Waals surface area contributed by atoms with Gasteiger partial charge in [0.2, 0.25) is 0 Å². The molecule has 1 aliphatic carbocycles. The number of rotatable bonds is 6. The lowest BCUT2D eigenvalue weighted by atomic mass is 9.94. The topological polar surface area (TPSA) is 80.1 Å². The number of carbonyl (C=O) groups is 1. The Labute approximate surface area is 153 Å². The minimum absolute atomic E-state index is 0.0623. The van der Waals surface area contributed by atoms with E-state index in [-0.39, 0.29) is 5.69 Å². The van der Waals surface area contributed by atoms with E-state index in [9.17, 15) is 9.59 Å². The van der Waals surface area contributed by atoms with Gasteiger partial charge in [0.25, 0.3) is 11.5 Å². The number of aromatic nitrogens is 3. The van der Waals surface area contributed by atoms with E-state index in [2.05, 4.69) is 27.2 Å². The van der Waals surface area contributed by atoms with Crippen LogP contribution in [0.25, 0.3) is 11.2 Å². The van der Waals surface area contributed by atoms with Crippen LogP contribution in [0.4, 0.5) is 0 Å². The van der Waals surface area contributed by atoms with Crippen molar-refractivity contribution in [2.24, 2.45) is 0 Å². The van der Waals surface area contributed by atoms with Crippen LogP contribution >= 0.6 is 0 Å². The molecular weight excluding hydrogens is 330 g/mol. The third-order valence-corrected chi connectivity index (χ3v) is 5.18. The van der Waals surface area contributed by atoms with Crippen LogP contribution < -0.4 is 10.9 Å². The van der Waals surface area contributed by atoms with E-state index in [0.717, 1.165) is 6.54 Å². The molecule has 2 aromatic heterocycles. The molecule has 0 unspecified atom stereocenters. The van der Waals surface area contributed by atoms with Crippen molar-refractivity contribution in [2.75, 3.05) is 20.1 Å². The summed E-state index contributed by atoms with van der Waals surface area (Å²) in [6.45, 7) is 3.58. The number of hydrogen-bond acceptors (Lipinski definition) is 5. The van der Waals surface area contributed by atoms with Crippen molar-refractivity contribution in [3.8, 4) is 0 Å². The summed E-state index contributed by atoms with van der Waals surface area (Å²) in [7, 11) is 2.10. The van der Waals surface area contributed by atoms with E-state index in [0.29, 0.717) is 30.3 Å². The number of hydrogen-bond donors (Lipinski definition) is 1. The van der Waals surface area contributed by atoms with Crippen LogP contribution in [0, 0.1) is 0 Å². The standard InChI is InChI=1S/C19H27N5O2/c1-3-24-17-15(10-7-11-20-17)22-16(19(24)26)18(25)21-12-13-23(2)14-8-5-4-6-9-14/h7,10-11,14H,3-6,8-9,12-13H2,1-2H3,(H,21,25). The molecule has 0 aromatic carbocycles. The largest absolute Gasteiger partial charge is 0.349 e. The lowest BCUT2D eigenvalue weighted by Gasteiger charge is -2.31. The molecule has 0 spiro atoms. The number of amides is 1. The third-order valence-electron chi connectivity index (χ3n) is 5.18. The Morgan fingerprint density at radius 3 is 2.85 bits per heavy atom. The van der Waals surface area contributed by atoms with Gasteiger partial charge in [0.15, 0.2) is 11.3 Å². The van der Waals surface area contributed by atoms with Gasteiger partial charge in [-0.3, -0.25) is 14.2 Å². The van der Waals surface area contributed by atoms with Crippen LogP contribution in [0.5, 0.6) is 0 Å². The average molecular weight is 357 g/mol. The highest BCUT2D eigenvalue weighted by Gasteiger charge is 2.19. The molecule has 1 saturated carbocycles. The molecule has 7 nitrogen and oxygen atoms in total. The van der Waals surface area contributed by atoms with Crippen molar-refractivity contribution in [1.82, 2.24) is 24.8 Å². The highest BCUT2D eigenvalue weighted by atomic mass is 16.2. The van der Waals surface area contributed by atoms with Gasteiger partial charge in [0.1, 0.15) is 5.52 Å². The smallest absolute Gasteiger partial charge is 0.283 e. The maximum Gasteiger partial charge on any atom is 0.283 e. The molecule has 26 heavy (non-hydrogen) atoms. The number of nitrogens with one attached hydrogen (secondary N) is 1. The fourth-order valence-corrected chi connectivity index (χ4v) is 3.65. The molecule has 3 rings (SSSR count). The van der Waals surface area contributed by atoms with Gasteiger partial charge in [-0.15, -0.1) is 0 Å². The van der Waals surface area contributed by atoms with Crippen molar-refractivity contribution in [2.45, 2.75) is 51.6 Å². The Balaban J connectivity index is 1.68. The van der Waals surface area contributed by atoms with Crippen molar-refractivity contribution in [1.29, 1.82) is 0 Å². The molecule has 0 radical (unpaired) electrons. The van der Waals surface area contributed by atoms with Gasteiger partial charge >= 0.3 is 0 Å². The monoisotopic (exact) mass is 357 g/mol. The highest BCUT2D eigenvalue weighted by Crippen LogP contribution is 2.21. The summed E-state index contributed by atoms with van der Waals surface area (Å²) in [5.41, 5.74) is 0.608. The number of carbonyl (C=O) groups excluding carboxylic acids is 1. The zero-order valence-corrected chi connectivity index (χ0v) is 15.6. The number of likely N-dealkylation sites (N-methyl/N-ethyl adjacent to an activating group) is 1. The van der Waals surface area contributed by atoms with Gasteiger partial charge in [-0.25, -0.2) is 9.97 Å². The Morgan fingerprint density at radius 1 is 1.35 bits per heavy atom. The van der Waals surface area contributed by atoms with E-state index in [1.54, 1.807) is 18.3 Å². The predicted molar refractivity (Wildman–Crippen MR) is 101 cm³/mol. The second-order valence-corrected chi connectivity index (χ2v) is 6.88. The van der Waals surface area contributed by atoms with E-state index in [4.69, 9.17) is 0 Å². The first-order chi connectivity index (χ1) is 12.6. The molecule has 1 fully saturated rings. The molecule has 1 amide bonds. The van der Waals surface area contributed by atoms with Gasteiger partial charge in [-0.2, -0.15) is 0 Å². The van der Waals surface area contributed by atoms with Crippen LogP contribution in [0.15, 0.2) is 23.1 Å². The summed E-state index contributed by atoms with van der Waals surface area (Å²) >= 11 is 0. The molecule has 2 aromatic rings. The van der Waals surface area contributed by atoms with Crippen molar-refractivity contribution >= 4 is 17.1 Å². The number of nitrogens with zero attached hydrogens (tertiary/aromatic N) is 4. The number of aryl methyl sites for hydroxylation is 1. The fraction of sp³-hybridized carbons (Fsp3) is 0.579. The first-order valence-electron chi connectivity index (χ1n) is 9.45. The maximum absolute atomic E-state index is 12.6. The summed E-state index contributed by atoms with van der Waals surface area (Å²) in [6, 6.07) is 4.12. The summed E-state index contributed by atoms with van der Waals surface area (Å²) in [5.74, 6) is -0.417. The van der Waals surface area contributed by atoms with Gasteiger partial charge < -0.3 is 10.2 Å². The summed E-state index contributed by atoms with van der Waals surface area (Å²) in [6.07, 6.45) is 7.97. The molecule has 140 valence electrons. The average Bonchev–Trinajstić information content (AvgIpc) is 2.68. The molecule has 1 N–H and O–H groups in total. The normalized spacial score (nSPS) is 15.5. The van der Waals surface area contributed by atoms with E-state index < -0.39 is 11.5 Å². The zero-order valence-electron chi connectivity index (χ0n) is 15.6. The third kappa shape index (κ3) is 3.93. The minimum atomic E-state index is -0.417. The van der Waals surface area contributed by atoms with Crippen molar-refractivity contribution in [3.05, 3.63) is 34.4 Å². The first kappa shape index (κ1) is 18.5. The highest BCUT2D eigenvalue weighted by molar-refractivity contribution is 5.93. The van der Waals surface area contributed by atoms with E-state index >= 15 is 0 Å². The fourth-order valence-electron chi connectivity index (χ4n) is 3.65. The second-order valence-electron chi connectivity index (χ2n) is 6.88. The molecule has 0 bridgehead atoms. The lowest BCUT2D eigenvalue weighted by molar-refractivity contribution is 0.0937. The van der Waals surface area contributed by atoms with Crippen LogP contribution in [0.1, 0.15) is 49.5 Å². The van der Waals surface area contributed by atoms with Gasteiger partial charge in [0, 0.05) is 31.9 Å². The van der Waals surface area contributed by atoms with Crippen molar-refractivity contribution in [3.63, 3.8) is 0 Å². The van der Waals surface area contributed by atoms with Crippen LogP contribution in [-0.4, -0.2) is 51.5 Å². The molecule has 7 heteroatoms. The number of pyridine rings is 1. The van der Waals surface area contributed by atoms with Gasteiger partial charge in [-0.1, -0.05) is 19.3 Å². The predicted octanol–water partition coefficient (Wildman–Crippen LogP) is 1.81. The first-order valence-corrected chi connectivity index (χ1v) is 9.45. The summed E-state index contributed by atoms with van der Waals surface area (Å²) < 4.78 is 1.49. The SMILES string of the molecule is CCn1c(=O)c(C(=O)NCCN(C)C2CCCCC2)nc2cccnc21. The molecule has 0 atom stereocenters. The summed E-state index contributed by atoms with van der Waals surface area (Å²) in [4.78, 5) is 35.9. The summed E-state index contributed by atoms with van der Waals surface area (Å²) in [5, 5.41) is 2.85. The van der Waals surface area contributed by atoms with Crippen LogP contribution in [0.2, 0.25) is 0 Å². The van der Waals surface area contributed by atoms with E-state index in [1.165, 1.54) is 36.7 Å². The molecule has 0 aliphatic heterocycles. The second kappa shape index (κ2) is 8.40. The Bertz CT molecular complexity index is 826. The van der Waals surface area contributed by atoms with Crippen LogP contribution in [-0.2, 0) is 6.54 Å². The zero-order chi connectivity index (χ0) is 18.5. The van der Waals surface area contributed by atoms with Gasteiger partial charge in [-0.05, 0) is 38.9 Å². The quantitative estimate of drug-likeness (QED) is 0.853. The molecule has 0 saturated heterocycles. The van der Waals surface area contributed by atoms with Gasteiger partial charge in [0.05, 0.1) is 0 Å². The van der Waals surface area contributed by atoms with E-state index in [1.807, 2.05) is 6.92 Å². The molecular formula is C19H27N5O2. The van der Waals surface area contributed by atoms with Crippen LogP contribution in [0.3, 0.4) is 0 Å². The Morgan fingerprint density at radius 2 is 2.12 bits per heavy atom. The molecule has 2 heterocycles. The number of fused-ring (bicyclic) bond motifs is 1.